The van der Waals surface area contributed by atoms with Crippen LogP contribution in [0, 0.1) is 0 Å². The smallest absolute Gasteiger partial charge is 0.165 e. The minimum atomic E-state index is 0. The average molecular weight is 374 g/mol. The number of hydrogen-bond acceptors (Lipinski definition) is 4. The highest BCUT2D eigenvalue weighted by Gasteiger charge is 2.14. The summed E-state index contributed by atoms with van der Waals surface area (Å²) in [5.74, 6) is 1.74. The molecule has 2 heterocycles. The van der Waals surface area contributed by atoms with Gasteiger partial charge in [-0.2, -0.15) is 5.10 Å². The van der Waals surface area contributed by atoms with E-state index in [1.165, 1.54) is 5.56 Å². The number of nitrogens with zero attached hydrogens (tertiary/aromatic N) is 2. The number of para-hydroxylation sites is 1. The first-order valence-electron chi connectivity index (χ1n) is 7.96. The van der Waals surface area contributed by atoms with E-state index in [-0.39, 0.29) is 24.8 Å². The first-order valence-corrected chi connectivity index (χ1v) is 7.96. The zero-order valence-corrected chi connectivity index (χ0v) is 15.5. The number of rotatable bonds is 6. The number of nitrogens with one attached hydrogen (secondary N) is 1. The molecule has 0 radical (unpaired) electrons. The van der Waals surface area contributed by atoms with Gasteiger partial charge in [0.25, 0.3) is 0 Å². The largest absolute Gasteiger partial charge is 0.490 e. The number of fused-ring (bicyclic) bond motifs is 1. The van der Waals surface area contributed by atoms with Gasteiger partial charge in [0.1, 0.15) is 0 Å². The first kappa shape index (κ1) is 20.6. The molecule has 0 spiro atoms. The standard InChI is InChI=1S/C17H23N3O2.2ClH/c1-2-7-20-13-14(11-19-20)10-18-12-15-5-3-6-16-17(15)22-9-4-8-21-16;;/h3,5-6,11,13,18H,2,4,7-10,12H2,1H3;2*1H. The first-order chi connectivity index (χ1) is 10.9. The van der Waals surface area contributed by atoms with E-state index in [0.717, 1.165) is 56.1 Å². The van der Waals surface area contributed by atoms with Gasteiger partial charge in [0.2, 0.25) is 0 Å². The number of halogens is 2. The zero-order valence-electron chi connectivity index (χ0n) is 13.9. The minimum Gasteiger partial charge on any atom is -0.490 e. The third-order valence-electron chi connectivity index (χ3n) is 3.64. The Balaban J connectivity index is 0.00000144. The Morgan fingerprint density at radius 2 is 2.00 bits per heavy atom. The van der Waals surface area contributed by atoms with E-state index >= 15 is 0 Å². The molecule has 7 heteroatoms. The molecule has 0 fully saturated rings. The zero-order chi connectivity index (χ0) is 15.2. The summed E-state index contributed by atoms with van der Waals surface area (Å²) in [6.45, 7) is 6.12. The highest BCUT2D eigenvalue weighted by atomic mass is 35.5. The summed E-state index contributed by atoms with van der Waals surface area (Å²) >= 11 is 0. The van der Waals surface area contributed by atoms with Crippen molar-refractivity contribution in [2.24, 2.45) is 0 Å². The fourth-order valence-electron chi connectivity index (χ4n) is 2.58. The van der Waals surface area contributed by atoms with E-state index in [1.54, 1.807) is 0 Å². The predicted octanol–water partition coefficient (Wildman–Crippen LogP) is 3.59. The molecule has 5 nitrogen and oxygen atoms in total. The predicted molar refractivity (Wildman–Crippen MR) is 99.6 cm³/mol. The van der Waals surface area contributed by atoms with Crippen molar-refractivity contribution in [2.75, 3.05) is 13.2 Å². The molecule has 2 aromatic rings. The monoisotopic (exact) mass is 373 g/mol. The van der Waals surface area contributed by atoms with E-state index in [9.17, 15) is 0 Å². The maximum atomic E-state index is 5.84. The molecule has 0 bridgehead atoms. The van der Waals surface area contributed by atoms with Gasteiger partial charge >= 0.3 is 0 Å². The van der Waals surface area contributed by atoms with Gasteiger partial charge in [-0.05, 0) is 12.5 Å². The lowest BCUT2D eigenvalue weighted by molar-refractivity contribution is 0.296. The number of aryl methyl sites for hydroxylation is 1. The summed E-state index contributed by atoms with van der Waals surface area (Å²) < 4.78 is 13.5. The maximum absolute atomic E-state index is 5.84. The van der Waals surface area contributed by atoms with Crippen molar-refractivity contribution >= 4 is 24.8 Å². The highest BCUT2D eigenvalue weighted by molar-refractivity contribution is 5.85. The molecule has 0 atom stereocenters. The molecular weight excluding hydrogens is 349 g/mol. The van der Waals surface area contributed by atoms with Gasteiger partial charge in [-0.3, -0.25) is 4.68 Å². The molecular formula is C17H25Cl2N3O2. The molecule has 0 unspecified atom stereocenters. The van der Waals surface area contributed by atoms with E-state index in [2.05, 4.69) is 29.6 Å². The van der Waals surface area contributed by atoms with Crippen LogP contribution in [-0.2, 0) is 19.6 Å². The van der Waals surface area contributed by atoms with Crippen molar-refractivity contribution in [3.63, 3.8) is 0 Å². The third kappa shape index (κ3) is 5.30. The quantitative estimate of drug-likeness (QED) is 0.840. The Labute approximate surface area is 155 Å². The van der Waals surface area contributed by atoms with Gasteiger partial charge < -0.3 is 14.8 Å². The van der Waals surface area contributed by atoms with Gasteiger partial charge in [0.05, 0.1) is 19.4 Å². The fourth-order valence-corrected chi connectivity index (χ4v) is 2.58. The van der Waals surface area contributed by atoms with Crippen LogP contribution in [-0.4, -0.2) is 23.0 Å². The normalized spacial score (nSPS) is 12.7. The highest BCUT2D eigenvalue weighted by Crippen LogP contribution is 2.33. The second-order valence-corrected chi connectivity index (χ2v) is 5.51. The Morgan fingerprint density at radius 3 is 2.83 bits per heavy atom. The van der Waals surface area contributed by atoms with Crippen molar-refractivity contribution < 1.29 is 9.47 Å². The van der Waals surface area contributed by atoms with Crippen LogP contribution in [0.4, 0.5) is 0 Å². The van der Waals surface area contributed by atoms with Crippen molar-refractivity contribution in [3.8, 4) is 11.5 Å². The summed E-state index contributed by atoms with van der Waals surface area (Å²) in [6, 6.07) is 6.07. The molecule has 1 N–H and O–H groups in total. The lowest BCUT2D eigenvalue weighted by Gasteiger charge is -2.12. The number of aromatic nitrogens is 2. The summed E-state index contributed by atoms with van der Waals surface area (Å²) in [5.41, 5.74) is 2.34. The van der Waals surface area contributed by atoms with Crippen LogP contribution in [0.5, 0.6) is 11.5 Å². The van der Waals surface area contributed by atoms with Gasteiger partial charge in [0, 0.05) is 43.4 Å². The molecule has 24 heavy (non-hydrogen) atoms. The van der Waals surface area contributed by atoms with Crippen molar-refractivity contribution in [1.82, 2.24) is 15.1 Å². The maximum Gasteiger partial charge on any atom is 0.165 e. The molecule has 134 valence electrons. The Kier molecular flexibility index (Phi) is 8.97. The number of hydrogen-bond donors (Lipinski definition) is 1. The van der Waals surface area contributed by atoms with E-state index in [1.807, 2.05) is 23.0 Å². The van der Waals surface area contributed by atoms with Crippen LogP contribution in [0.2, 0.25) is 0 Å². The molecule has 0 aliphatic carbocycles. The van der Waals surface area contributed by atoms with Crippen LogP contribution in [0.1, 0.15) is 30.9 Å². The van der Waals surface area contributed by atoms with Crippen LogP contribution in [0.15, 0.2) is 30.6 Å². The van der Waals surface area contributed by atoms with Crippen LogP contribution in [0.25, 0.3) is 0 Å². The molecule has 3 rings (SSSR count). The fraction of sp³-hybridized carbons (Fsp3) is 0.471. The Bertz CT molecular complexity index is 620. The number of benzene rings is 1. The lowest BCUT2D eigenvalue weighted by Crippen LogP contribution is -2.13. The molecule has 0 amide bonds. The van der Waals surface area contributed by atoms with E-state index in [4.69, 9.17) is 9.47 Å². The molecule has 1 aliphatic heterocycles. The second-order valence-electron chi connectivity index (χ2n) is 5.51. The van der Waals surface area contributed by atoms with Crippen LogP contribution < -0.4 is 14.8 Å². The molecule has 1 aromatic heterocycles. The average Bonchev–Trinajstić information content (AvgIpc) is 2.82. The van der Waals surface area contributed by atoms with E-state index in [0.29, 0.717) is 6.61 Å². The van der Waals surface area contributed by atoms with Crippen molar-refractivity contribution in [1.29, 1.82) is 0 Å². The molecule has 1 aliphatic rings. The van der Waals surface area contributed by atoms with Gasteiger partial charge in [-0.1, -0.05) is 19.1 Å². The third-order valence-corrected chi connectivity index (χ3v) is 3.64. The summed E-state index contributed by atoms with van der Waals surface area (Å²) in [6.07, 6.45) is 6.05. The van der Waals surface area contributed by atoms with Crippen molar-refractivity contribution in [2.45, 2.75) is 39.4 Å². The van der Waals surface area contributed by atoms with Crippen LogP contribution >= 0.6 is 24.8 Å². The number of ether oxygens (including phenoxy) is 2. The summed E-state index contributed by atoms with van der Waals surface area (Å²) in [4.78, 5) is 0. The van der Waals surface area contributed by atoms with E-state index < -0.39 is 0 Å². The molecule has 0 saturated heterocycles. The van der Waals surface area contributed by atoms with Crippen LogP contribution in [0.3, 0.4) is 0 Å². The minimum absolute atomic E-state index is 0. The summed E-state index contributed by atoms with van der Waals surface area (Å²) in [5, 5.41) is 7.80. The molecule has 1 aromatic carbocycles. The lowest BCUT2D eigenvalue weighted by atomic mass is 10.2. The summed E-state index contributed by atoms with van der Waals surface area (Å²) in [7, 11) is 0. The van der Waals surface area contributed by atoms with Gasteiger partial charge in [-0.25, -0.2) is 0 Å². The van der Waals surface area contributed by atoms with Gasteiger partial charge in [-0.15, -0.1) is 24.8 Å². The topological polar surface area (TPSA) is 48.3 Å². The van der Waals surface area contributed by atoms with Gasteiger partial charge in [0.15, 0.2) is 11.5 Å². The second kappa shape index (κ2) is 10.4. The Morgan fingerprint density at radius 1 is 1.17 bits per heavy atom. The van der Waals surface area contributed by atoms with Crippen molar-refractivity contribution in [3.05, 3.63) is 41.7 Å². The SMILES string of the molecule is CCCn1cc(CNCc2cccc3c2OCCCO3)cn1.Cl.Cl. The molecule has 0 saturated carbocycles. The Hall–Kier alpha value is -1.43.